The Morgan fingerprint density at radius 2 is 2.05 bits per heavy atom. The van der Waals surface area contributed by atoms with Crippen molar-refractivity contribution in [2.75, 3.05) is 6.61 Å². The highest BCUT2D eigenvalue weighted by atomic mass is 19.4. The Balaban J connectivity index is 2.59. The number of hydrogen-bond donors (Lipinski definition) is 2. The predicted molar refractivity (Wildman–Crippen MR) is 68.1 cm³/mol. The first-order chi connectivity index (χ1) is 9.28. The fraction of sp³-hybridized carbons (Fsp3) is 0.462. The van der Waals surface area contributed by atoms with Gasteiger partial charge in [-0.15, -0.1) is 0 Å². The van der Waals surface area contributed by atoms with Gasteiger partial charge in [0, 0.05) is 24.6 Å². The fourth-order valence-electron chi connectivity index (χ4n) is 1.51. The van der Waals surface area contributed by atoms with Crippen LogP contribution in [0.2, 0.25) is 0 Å². The van der Waals surface area contributed by atoms with Crippen molar-refractivity contribution in [3.05, 3.63) is 29.8 Å². The lowest BCUT2D eigenvalue weighted by Crippen LogP contribution is -2.29. The van der Waals surface area contributed by atoms with Gasteiger partial charge < -0.3 is 15.8 Å². The van der Waals surface area contributed by atoms with Gasteiger partial charge in [-0.2, -0.15) is 13.2 Å². The van der Waals surface area contributed by atoms with Crippen molar-refractivity contribution in [2.45, 2.75) is 32.1 Å². The number of alkyl halides is 3. The topological polar surface area (TPSA) is 64.4 Å². The van der Waals surface area contributed by atoms with Crippen LogP contribution in [0.1, 0.15) is 18.9 Å². The van der Waals surface area contributed by atoms with Crippen molar-refractivity contribution in [3.63, 3.8) is 0 Å². The summed E-state index contributed by atoms with van der Waals surface area (Å²) in [5, 5.41) is 2.59. The van der Waals surface area contributed by atoms with Gasteiger partial charge in [-0.05, 0) is 13.0 Å². The zero-order chi connectivity index (χ0) is 15.2. The first-order valence-electron chi connectivity index (χ1n) is 6.07. The van der Waals surface area contributed by atoms with Crippen LogP contribution >= 0.6 is 0 Å². The number of nitrogens with one attached hydrogen (secondary N) is 1. The van der Waals surface area contributed by atoms with Gasteiger partial charge >= 0.3 is 6.18 Å². The number of para-hydroxylation sites is 1. The van der Waals surface area contributed by atoms with Gasteiger partial charge in [0.15, 0.2) is 6.61 Å². The number of amides is 1. The molecule has 3 N–H and O–H groups in total. The van der Waals surface area contributed by atoms with E-state index in [1.54, 1.807) is 25.1 Å². The Kier molecular flexibility index (Phi) is 5.82. The first kappa shape index (κ1) is 16.3. The van der Waals surface area contributed by atoms with E-state index in [2.05, 4.69) is 5.32 Å². The summed E-state index contributed by atoms with van der Waals surface area (Å²) in [6.45, 7) is 0.428. The van der Waals surface area contributed by atoms with Crippen molar-refractivity contribution >= 4 is 5.91 Å². The van der Waals surface area contributed by atoms with Crippen molar-refractivity contribution in [1.29, 1.82) is 0 Å². The highest BCUT2D eigenvalue weighted by Crippen LogP contribution is 2.22. The highest BCUT2D eigenvalue weighted by Gasteiger charge is 2.28. The molecule has 1 aromatic rings. The van der Waals surface area contributed by atoms with E-state index < -0.39 is 12.8 Å². The van der Waals surface area contributed by atoms with Gasteiger partial charge in [0.05, 0.1) is 0 Å². The van der Waals surface area contributed by atoms with Crippen LogP contribution in [-0.4, -0.2) is 24.7 Å². The molecule has 4 nitrogen and oxygen atoms in total. The lowest BCUT2D eigenvalue weighted by Gasteiger charge is -2.14. The van der Waals surface area contributed by atoms with E-state index in [9.17, 15) is 18.0 Å². The van der Waals surface area contributed by atoms with Crippen LogP contribution < -0.4 is 15.8 Å². The Morgan fingerprint density at radius 1 is 1.40 bits per heavy atom. The molecule has 1 amide bonds. The minimum atomic E-state index is -4.40. The van der Waals surface area contributed by atoms with Crippen LogP contribution in [0.25, 0.3) is 0 Å². The van der Waals surface area contributed by atoms with Crippen LogP contribution in [-0.2, 0) is 11.3 Å². The molecule has 7 heteroatoms. The second-order valence-corrected chi connectivity index (χ2v) is 4.47. The minimum Gasteiger partial charge on any atom is -0.484 e. The van der Waals surface area contributed by atoms with Crippen molar-refractivity contribution in [1.82, 2.24) is 5.32 Å². The molecule has 0 fully saturated rings. The Labute approximate surface area is 115 Å². The molecule has 0 aliphatic carbocycles. The van der Waals surface area contributed by atoms with Gasteiger partial charge in [0.2, 0.25) is 5.91 Å². The van der Waals surface area contributed by atoms with Gasteiger partial charge in [-0.1, -0.05) is 18.2 Å². The van der Waals surface area contributed by atoms with E-state index in [1.807, 2.05) is 0 Å². The third kappa shape index (κ3) is 6.42. The van der Waals surface area contributed by atoms with Crippen molar-refractivity contribution < 1.29 is 22.7 Å². The van der Waals surface area contributed by atoms with E-state index in [4.69, 9.17) is 10.5 Å². The normalized spacial score (nSPS) is 12.8. The summed E-state index contributed by atoms with van der Waals surface area (Å²) < 4.78 is 41.1. The summed E-state index contributed by atoms with van der Waals surface area (Å²) in [6, 6.07) is 5.98. The molecular weight excluding hydrogens is 273 g/mol. The molecule has 112 valence electrons. The first-order valence-corrected chi connectivity index (χ1v) is 6.07. The molecule has 0 radical (unpaired) electrons. The maximum absolute atomic E-state index is 12.1. The number of carbonyl (C=O) groups excluding carboxylic acids is 1. The van der Waals surface area contributed by atoms with Crippen LogP contribution in [0.4, 0.5) is 13.2 Å². The molecule has 1 unspecified atom stereocenters. The van der Waals surface area contributed by atoms with Crippen molar-refractivity contribution in [2.24, 2.45) is 5.73 Å². The number of nitrogens with two attached hydrogens (primary N) is 1. The summed E-state index contributed by atoms with van der Waals surface area (Å²) in [5.74, 6) is -0.156. The number of halogens is 3. The van der Waals surface area contributed by atoms with Crippen LogP contribution in [0.3, 0.4) is 0 Å². The Hall–Kier alpha value is -1.76. The largest absolute Gasteiger partial charge is 0.484 e. The highest BCUT2D eigenvalue weighted by molar-refractivity contribution is 5.76. The van der Waals surface area contributed by atoms with Crippen molar-refractivity contribution in [3.8, 4) is 5.75 Å². The number of hydrogen-bond acceptors (Lipinski definition) is 3. The molecule has 1 rings (SSSR count). The van der Waals surface area contributed by atoms with E-state index >= 15 is 0 Å². The SMILES string of the molecule is CC(N)CC(=O)NCc1ccccc1OCC(F)(F)F. The molecule has 0 aromatic heterocycles. The molecular formula is C13H17F3N2O2. The smallest absolute Gasteiger partial charge is 0.422 e. The average Bonchev–Trinajstić information content (AvgIpc) is 2.33. The molecule has 0 saturated carbocycles. The van der Waals surface area contributed by atoms with Crippen LogP contribution in [0.15, 0.2) is 24.3 Å². The monoisotopic (exact) mass is 290 g/mol. The number of benzene rings is 1. The number of ether oxygens (including phenoxy) is 1. The quantitative estimate of drug-likeness (QED) is 0.842. The Bertz CT molecular complexity index is 447. The maximum atomic E-state index is 12.1. The molecule has 0 spiro atoms. The standard InChI is InChI=1S/C13H17F3N2O2/c1-9(17)6-12(19)18-7-10-4-2-3-5-11(10)20-8-13(14,15)16/h2-5,9H,6-8,17H2,1H3,(H,18,19). The molecule has 1 aromatic carbocycles. The maximum Gasteiger partial charge on any atom is 0.422 e. The molecule has 20 heavy (non-hydrogen) atoms. The van der Waals surface area contributed by atoms with E-state index in [0.29, 0.717) is 5.56 Å². The Morgan fingerprint density at radius 3 is 2.65 bits per heavy atom. The van der Waals surface area contributed by atoms with Gasteiger partial charge in [-0.3, -0.25) is 4.79 Å². The second kappa shape index (κ2) is 7.14. The van der Waals surface area contributed by atoms with Gasteiger partial charge in [0.25, 0.3) is 0 Å². The zero-order valence-corrected chi connectivity index (χ0v) is 11.0. The molecule has 0 saturated heterocycles. The summed E-state index contributed by atoms with van der Waals surface area (Å²) in [5.41, 5.74) is 5.96. The summed E-state index contributed by atoms with van der Waals surface area (Å²) in [4.78, 5) is 11.4. The second-order valence-electron chi connectivity index (χ2n) is 4.47. The predicted octanol–water partition coefficient (Wildman–Crippen LogP) is 1.98. The molecule has 0 heterocycles. The fourth-order valence-corrected chi connectivity index (χ4v) is 1.51. The molecule has 0 aliphatic rings. The summed E-state index contributed by atoms with van der Waals surface area (Å²) in [6.07, 6.45) is -4.24. The lowest BCUT2D eigenvalue weighted by molar-refractivity contribution is -0.153. The number of carbonyl (C=O) groups is 1. The van der Waals surface area contributed by atoms with E-state index in [0.717, 1.165) is 0 Å². The summed E-state index contributed by atoms with van der Waals surface area (Å²) >= 11 is 0. The van der Waals surface area contributed by atoms with Crippen LogP contribution in [0.5, 0.6) is 5.75 Å². The lowest BCUT2D eigenvalue weighted by atomic mass is 10.2. The third-order valence-electron chi connectivity index (χ3n) is 2.35. The van der Waals surface area contributed by atoms with Gasteiger partial charge in [-0.25, -0.2) is 0 Å². The number of rotatable bonds is 6. The third-order valence-corrected chi connectivity index (χ3v) is 2.35. The molecule has 0 aliphatic heterocycles. The zero-order valence-electron chi connectivity index (χ0n) is 11.0. The van der Waals surface area contributed by atoms with E-state index in [-0.39, 0.29) is 30.7 Å². The molecule has 1 atom stereocenters. The minimum absolute atomic E-state index is 0.0968. The van der Waals surface area contributed by atoms with Crippen LogP contribution in [0, 0.1) is 0 Å². The summed E-state index contributed by atoms with van der Waals surface area (Å²) in [7, 11) is 0. The molecule has 0 bridgehead atoms. The van der Waals surface area contributed by atoms with E-state index in [1.165, 1.54) is 6.07 Å². The average molecular weight is 290 g/mol. The van der Waals surface area contributed by atoms with Gasteiger partial charge in [0.1, 0.15) is 5.75 Å².